The second-order valence-electron chi connectivity index (χ2n) is 5.13. The predicted octanol–water partition coefficient (Wildman–Crippen LogP) is 0.275. The molecule has 2 rings (SSSR count). The molecule has 0 saturated carbocycles. The Bertz CT molecular complexity index is 371. The van der Waals surface area contributed by atoms with E-state index in [4.69, 9.17) is 0 Å². The van der Waals surface area contributed by atoms with Crippen LogP contribution in [0.2, 0.25) is 0 Å². The molecule has 1 atom stereocenters. The second kappa shape index (κ2) is 6.31. The van der Waals surface area contributed by atoms with Gasteiger partial charge in [-0.3, -0.25) is 9.58 Å². The largest absolute Gasteiger partial charge is 0.395 e. The van der Waals surface area contributed by atoms with E-state index in [0.717, 1.165) is 26.2 Å². The minimum Gasteiger partial charge on any atom is -0.395 e. The first-order valence-corrected chi connectivity index (χ1v) is 6.74. The van der Waals surface area contributed by atoms with Crippen molar-refractivity contribution in [2.24, 2.45) is 7.05 Å². The summed E-state index contributed by atoms with van der Waals surface area (Å²) in [6.07, 6.45) is 4.44. The monoisotopic (exact) mass is 252 g/mol. The van der Waals surface area contributed by atoms with Crippen molar-refractivity contribution >= 4 is 0 Å². The zero-order chi connectivity index (χ0) is 13.0. The summed E-state index contributed by atoms with van der Waals surface area (Å²) in [6, 6.07) is 0.577. The normalized spacial score (nSPS) is 19.9. The third kappa shape index (κ3) is 3.31. The van der Waals surface area contributed by atoms with Crippen LogP contribution in [0.25, 0.3) is 0 Å². The van der Waals surface area contributed by atoms with Crippen LogP contribution >= 0.6 is 0 Å². The van der Waals surface area contributed by atoms with E-state index in [-0.39, 0.29) is 6.61 Å². The van der Waals surface area contributed by atoms with Crippen LogP contribution in [-0.2, 0) is 13.6 Å². The minimum absolute atomic E-state index is 0.214. The molecule has 1 aromatic heterocycles. The number of hydrogen-bond acceptors (Lipinski definition) is 4. The lowest BCUT2D eigenvalue weighted by Gasteiger charge is -2.24. The maximum atomic E-state index is 9.18. The van der Waals surface area contributed by atoms with Crippen LogP contribution in [-0.4, -0.2) is 52.1 Å². The van der Waals surface area contributed by atoms with E-state index in [1.165, 1.54) is 24.1 Å². The summed E-state index contributed by atoms with van der Waals surface area (Å²) in [5.74, 6) is 0. The smallest absolute Gasteiger partial charge is 0.0558 e. The van der Waals surface area contributed by atoms with E-state index >= 15 is 0 Å². The van der Waals surface area contributed by atoms with Crippen LogP contribution in [0.5, 0.6) is 0 Å². The highest BCUT2D eigenvalue weighted by Crippen LogP contribution is 2.12. The summed E-state index contributed by atoms with van der Waals surface area (Å²) in [6.45, 7) is 6.04. The van der Waals surface area contributed by atoms with E-state index in [2.05, 4.69) is 22.2 Å². The molecule has 5 heteroatoms. The molecule has 5 nitrogen and oxygen atoms in total. The average Bonchev–Trinajstić information content (AvgIpc) is 2.95. The van der Waals surface area contributed by atoms with E-state index in [0.29, 0.717) is 6.04 Å². The molecule has 0 amide bonds. The molecule has 0 radical (unpaired) electrons. The molecule has 0 spiro atoms. The molecule has 1 fully saturated rings. The third-order valence-electron chi connectivity index (χ3n) is 3.79. The molecule has 1 unspecified atom stereocenters. The lowest BCUT2D eigenvalue weighted by Crippen LogP contribution is -2.38. The van der Waals surface area contributed by atoms with Crippen LogP contribution in [0.1, 0.15) is 24.1 Å². The van der Waals surface area contributed by atoms with Crippen LogP contribution in [0.15, 0.2) is 6.20 Å². The number of aliphatic hydroxyl groups excluding tert-OH is 1. The van der Waals surface area contributed by atoms with Crippen LogP contribution < -0.4 is 5.32 Å². The molecule has 102 valence electrons. The van der Waals surface area contributed by atoms with Gasteiger partial charge >= 0.3 is 0 Å². The Balaban J connectivity index is 1.94. The van der Waals surface area contributed by atoms with Crippen LogP contribution in [0, 0.1) is 6.92 Å². The molecule has 1 aliphatic rings. The van der Waals surface area contributed by atoms with E-state index in [9.17, 15) is 5.11 Å². The predicted molar refractivity (Wildman–Crippen MR) is 71.3 cm³/mol. The van der Waals surface area contributed by atoms with Gasteiger partial charge < -0.3 is 10.4 Å². The summed E-state index contributed by atoms with van der Waals surface area (Å²) in [5, 5.41) is 17.0. The zero-order valence-corrected chi connectivity index (χ0v) is 11.4. The molecule has 18 heavy (non-hydrogen) atoms. The first-order valence-electron chi connectivity index (χ1n) is 6.74. The first-order chi connectivity index (χ1) is 8.70. The Kier molecular flexibility index (Phi) is 4.74. The van der Waals surface area contributed by atoms with Gasteiger partial charge in [0.15, 0.2) is 0 Å². The van der Waals surface area contributed by atoms with Gasteiger partial charge in [0.1, 0.15) is 0 Å². The van der Waals surface area contributed by atoms with Gasteiger partial charge in [0, 0.05) is 44.0 Å². The number of aliphatic hydroxyl groups is 1. The highest BCUT2D eigenvalue weighted by atomic mass is 16.3. The van der Waals surface area contributed by atoms with Crippen molar-refractivity contribution in [2.45, 2.75) is 32.4 Å². The fraction of sp³-hybridized carbons (Fsp3) is 0.769. The second-order valence-corrected chi connectivity index (χ2v) is 5.13. The molecule has 1 saturated heterocycles. The van der Waals surface area contributed by atoms with Crippen LogP contribution in [0.4, 0.5) is 0 Å². The zero-order valence-electron chi connectivity index (χ0n) is 11.4. The average molecular weight is 252 g/mol. The van der Waals surface area contributed by atoms with Crippen molar-refractivity contribution in [2.75, 3.05) is 26.2 Å². The van der Waals surface area contributed by atoms with Gasteiger partial charge in [-0.15, -0.1) is 0 Å². The Morgan fingerprint density at radius 1 is 1.61 bits per heavy atom. The summed E-state index contributed by atoms with van der Waals surface area (Å²) >= 11 is 0. The van der Waals surface area contributed by atoms with E-state index in [1.807, 2.05) is 17.9 Å². The molecule has 1 aromatic rings. The molecule has 0 aromatic carbocycles. The minimum atomic E-state index is 0.214. The Hall–Kier alpha value is -0.910. The standard InChI is InChI=1S/C13H24N4O/c1-11-12(8-15-16(11)2)9-17(6-7-18)10-13-4-3-5-14-13/h8,13-14,18H,3-7,9-10H2,1-2H3. The number of rotatable bonds is 6. The van der Waals surface area contributed by atoms with E-state index < -0.39 is 0 Å². The quantitative estimate of drug-likeness (QED) is 0.763. The maximum absolute atomic E-state index is 9.18. The van der Waals surface area contributed by atoms with Crippen molar-refractivity contribution in [1.82, 2.24) is 20.0 Å². The van der Waals surface area contributed by atoms with Gasteiger partial charge in [0.2, 0.25) is 0 Å². The van der Waals surface area contributed by atoms with Crippen molar-refractivity contribution in [3.05, 3.63) is 17.5 Å². The third-order valence-corrected chi connectivity index (χ3v) is 3.79. The van der Waals surface area contributed by atoms with Gasteiger partial charge in [-0.1, -0.05) is 0 Å². The SMILES string of the molecule is Cc1c(CN(CCO)CC2CCCN2)cnn1C. The summed E-state index contributed by atoms with van der Waals surface area (Å²) in [5.41, 5.74) is 2.46. The fourth-order valence-corrected chi connectivity index (χ4v) is 2.54. The molecular weight excluding hydrogens is 228 g/mol. The Morgan fingerprint density at radius 2 is 2.44 bits per heavy atom. The molecule has 1 aliphatic heterocycles. The number of nitrogens with zero attached hydrogens (tertiary/aromatic N) is 3. The van der Waals surface area contributed by atoms with Gasteiger partial charge in [-0.2, -0.15) is 5.10 Å². The maximum Gasteiger partial charge on any atom is 0.0558 e. The van der Waals surface area contributed by atoms with Gasteiger partial charge in [-0.05, 0) is 26.3 Å². The Morgan fingerprint density at radius 3 is 3.00 bits per heavy atom. The number of nitrogens with one attached hydrogen (secondary N) is 1. The Labute approximate surface area is 109 Å². The molecular formula is C13H24N4O. The molecule has 0 bridgehead atoms. The van der Waals surface area contributed by atoms with Crippen molar-refractivity contribution in [3.8, 4) is 0 Å². The van der Waals surface area contributed by atoms with Crippen molar-refractivity contribution < 1.29 is 5.11 Å². The number of aromatic nitrogens is 2. The van der Waals surface area contributed by atoms with Gasteiger partial charge in [0.05, 0.1) is 12.8 Å². The summed E-state index contributed by atoms with van der Waals surface area (Å²) < 4.78 is 1.90. The van der Waals surface area contributed by atoms with Crippen molar-refractivity contribution in [1.29, 1.82) is 0 Å². The topological polar surface area (TPSA) is 53.3 Å². The number of aryl methyl sites for hydroxylation is 1. The highest BCUT2D eigenvalue weighted by Gasteiger charge is 2.18. The lowest BCUT2D eigenvalue weighted by molar-refractivity contribution is 0.179. The fourth-order valence-electron chi connectivity index (χ4n) is 2.54. The van der Waals surface area contributed by atoms with Crippen molar-refractivity contribution in [3.63, 3.8) is 0 Å². The van der Waals surface area contributed by atoms with Gasteiger partial charge in [-0.25, -0.2) is 0 Å². The van der Waals surface area contributed by atoms with Crippen LogP contribution in [0.3, 0.4) is 0 Å². The molecule has 0 aliphatic carbocycles. The first kappa shape index (κ1) is 13.5. The summed E-state index contributed by atoms with van der Waals surface area (Å²) in [7, 11) is 1.97. The number of hydrogen-bond donors (Lipinski definition) is 2. The summed E-state index contributed by atoms with van der Waals surface area (Å²) in [4.78, 5) is 2.31. The lowest BCUT2D eigenvalue weighted by atomic mass is 10.2. The van der Waals surface area contributed by atoms with E-state index in [1.54, 1.807) is 0 Å². The van der Waals surface area contributed by atoms with Gasteiger partial charge in [0.25, 0.3) is 0 Å². The highest BCUT2D eigenvalue weighted by molar-refractivity contribution is 5.15. The molecule has 2 N–H and O–H groups in total. The molecule has 2 heterocycles.